The molecule has 1 aliphatic heterocycles. The molecule has 2 unspecified atom stereocenters. The van der Waals surface area contributed by atoms with Gasteiger partial charge >= 0.3 is 290 Å². The van der Waals surface area contributed by atoms with Gasteiger partial charge in [0.2, 0.25) is 0 Å². The third-order valence-corrected chi connectivity index (χ3v) is 28.7. The van der Waals surface area contributed by atoms with E-state index in [1.54, 1.807) is 10.4 Å². The standard InChI is InChI=1S/C27H39Si2.C12H9Si.2ClH.Zr/c1-10-19(3)22-14-21-13-12-20(11-2)27(26(21)17-22)23-15-24(28(4,5)6)18-25(16-23)29(7,8)9;1-3-7-11-9(5-1)10-6-2-4-8-12(10)13-11;;;/h12-19H,10-11H2,1-9H3;1-7H,13H2;2*1H;/q;;;;+2/p-2. The predicted octanol–water partition coefficient (Wildman–Crippen LogP) is 8.38. The zero-order valence-corrected chi connectivity index (χ0v) is 35.9. The fourth-order valence-electron chi connectivity index (χ4n) is 7.48. The molecular weight excluding hydrogens is 715 g/mol. The van der Waals surface area contributed by atoms with Crippen molar-refractivity contribution in [3.05, 3.63) is 95.1 Å². The second kappa shape index (κ2) is 12.3. The van der Waals surface area contributed by atoms with Gasteiger partial charge in [-0.15, -0.1) is 0 Å². The van der Waals surface area contributed by atoms with E-state index in [2.05, 4.69) is 139 Å². The van der Waals surface area contributed by atoms with Crippen molar-refractivity contribution in [2.75, 3.05) is 0 Å². The van der Waals surface area contributed by atoms with E-state index in [9.17, 15) is 0 Å². The number of benzene rings is 4. The Morgan fingerprint density at radius 2 is 1.44 bits per heavy atom. The summed E-state index contributed by atoms with van der Waals surface area (Å²) in [4.78, 5) is 0. The average molecular weight is 763 g/mol. The van der Waals surface area contributed by atoms with Crippen LogP contribution >= 0.6 is 17.0 Å². The number of aryl methyl sites for hydroxylation is 1. The maximum atomic E-state index is 8.03. The van der Waals surface area contributed by atoms with Crippen LogP contribution in [-0.4, -0.2) is 25.7 Å². The molecule has 6 rings (SSSR count). The van der Waals surface area contributed by atoms with Gasteiger partial charge in [0.05, 0.1) is 0 Å². The molecule has 0 spiro atoms. The molecule has 0 amide bonds. The second-order valence-corrected chi connectivity index (χ2v) is 41.4. The Kier molecular flexibility index (Phi) is 9.20. The minimum atomic E-state index is -4.05. The Balaban J connectivity index is 1.59. The van der Waals surface area contributed by atoms with E-state index in [0.29, 0.717) is 5.92 Å². The summed E-state index contributed by atoms with van der Waals surface area (Å²) in [6, 6.07) is 28.2. The minimum absolute atomic E-state index is 0.109. The summed E-state index contributed by atoms with van der Waals surface area (Å²) in [5.41, 5.74) is 11.3. The first-order chi connectivity index (χ1) is 21.2. The fraction of sp³-hybridized carbons (Fsp3) is 0.333. The Bertz CT molecular complexity index is 1800. The number of rotatable bonds is 8. The van der Waals surface area contributed by atoms with E-state index in [1.165, 1.54) is 58.2 Å². The van der Waals surface area contributed by atoms with Gasteiger partial charge in [-0.05, 0) is 0 Å². The van der Waals surface area contributed by atoms with Crippen LogP contribution in [0.2, 0.25) is 39.3 Å². The molecule has 0 nitrogen and oxygen atoms in total. The summed E-state index contributed by atoms with van der Waals surface area (Å²) in [5, 5.41) is 6.15. The first kappa shape index (κ1) is 33.6. The van der Waals surface area contributed by atoms with E-state index in [4.69, 9.17) is 17.0 Å². The van der Waals surface area contributed by atoms with Gasteiger partial charge in [-0.25, -0.2) is 0 Å². The Labute approximate surface area is 288 Å². The molecule has 1 heterocycles. The van der Waals surface area contributed by atoms with Gasteiger partial charge in [-0.1, -0.05) is 0 Å². The van der Waals surface area contributed by atoms with Crippen LogP contribution in [0.4, 0.5) is 0 Å². The monoisotopic (exact) mass is 760 g/mol. The summed E-state index contributed by atoms with van der Waals surface area (Å²) in [5.74, 6) is 0.422. The molecule has 6 heteroatoms. The normalized spacial score (nSPS) is 17.2. The maximum absolute atomic E-state index is 8.03. The second-order valence-electron chi connectivity index (χ2n) is 15.4. The molecule has 1 aliphatic carbocycles. The zero-order chi connectivity index (χ0) is 32.5. The molecular formula is C39H48Cl2Si3Zr. The van der Waals surface area contributed by atoms with Crippen molar-refractivity contribution in [1.82, 2.24) is 0 Å². The van der Waals surface area contributed by atoms with Crippen LogP contribution in [0, 0.1) is 5.92 Å². The number of fused-ring (bicyclic) bond motifs is 4. The zero-order valence-electron chi connectivity index (χ0n) is 28.5. The van der Waals surface area contributed by atoms with E-state index in [-0.39, 0.29) is 3.63 Å². The molecule has 0 aromatic heterocycles. The van der Waals surface area contributed by atoms with Gasteiger partial charge < -0.3 is 0 Å². The van der Waals surface area contributed by atoms with Gasteiger partial charge in [0.25, 0.3) is 0 Å². The van der Waals surface area contributed by atoms with Gasteiger partial charge in [0.15, 0.2) is 0 Å². The third kappa shape index (κ3) is 6.00. The Morgan fingerprint density at radius 3 is 2.07 bits per heavy atom. The molecule has 234 valence electrons. The number of halogens is 2. The average Bonchev–Trinajstić information content (AvgIpc) is 3.58. The van der Waals surface area contributed by atoms with Crippen LogP contribution in [0.5, 0.6) is 0 Å². The number of hydrogen-bond acceptors (Lipinski definition) is 0. The van der Waals surface area contributed by atoms with Crippen molar-refractivity contribution in [2.45, 2.75) is 76.5 Å². The van der Waals surface area contributed by atoms with Crippen LogP contribution in [-0.2, 0) is 24.3 Å². The molecule has 0 saturated heterocycles. The van der Waals surface area contributed by atoms with Crippen molar-refractivity contribution in [1.29, 1.82) is 0 Å². The van der Waals surface area contributed by atoms with Crippen molar-refractivity contribution in [3.8, 4) is 22.3 Å². The van der Waals surface area contributed by atoms with Gasteiger partial charge in [-0.2, -0.15) is 0 Å². The van der Waals surface area contributed by atoms with E-state index in [0.717, 1.165) is 12.8 Å². The number of allylic oxidation sites excluding steroid dienone is 1. The molecule has 0 radical (unpaired) electrons. The topological polar surface area (TPSA) is 0 Å². The molecule has 0 saturated carbocycles. The number of hydrogen-bond donors (Lipinski definition) is 0. The summed E-state index contributed by atoms with van der Waals surface area (Å²) < 4.78 is 1.43. The fourth-order valence-corrected chi connectivity index (χ4v) is 26.9. The van der Waals surface area contributed by atoms with Crippen LogP contribution in [0.25, 0.3) is 28.3 Å². The van der Waals surface area contributed by atoms with E-state index < -0.39 is 43.5 Å². The van der Waals surface area contributed by atoms with Crippen molar-refractivity contribution in [3.63, 3.8) is 0 Å². The molecule has 0 fully saturated rings. The van der Waals surface area contributed by atoms with Crippen molar-refractivity contribution in [2.24, 2.45) is 5.92 Å². The van der Waals surface area contributed by atoms with Crippen molar-refractivity contribution >= 4 is 72.8 Å². The summed E-state index contributed by atoms with van der Waals surface area (Å²) in [7, 11) is 12.3. The SMILES string of the molecule is CCc1ccc2c(c1-c1cc([Si](C)(C)C)cc([Si](C)(C)C)c1)C=C(C(C)CC)[CH]2[Zr]([Cl])([Cl])[c]1cccc2c1[SiH2]c1ccccc1-2. The van der Waals surface area contributed by atoms with Gasteiger partial charge in [-0.3, -0.25) is 0 Å². The molecule has 0 N–H and O–H groups in total. The van der Waals surface area contributed by atoms with Crippen LogP contribution < -0.4 is 24.0 Å². The predicted molar refractivity (Wildman–Crippen MR) is 208 cm³/mol. The van der Waals surface area contributed by atoms with E-state index in [1.807, 2.05) is 0 Å². The molecule has 0 bridgehead atoms. The Morgan fingerprint density at radius 1 is 0.800 bits per heavy atom. The van der Waals surface area contributed by atoms with Gasteiger partial charge in [0, 0.05) is 0 Å². The van der Waals surface area contributed by atoms with Gasteiger partial charge in [0.1, 0.15) is 0 Å². The van der Waals surface area contributed by atoms with Crippen LogP contribution in [0.3, 0.4) is 0 Å². The first-order valence-electron chi connectivity index (χ1n) is 16.8. The van der Waals surface area contributed by atoms with Crippen molar-refractivity contribution < 1.29 is 17.9 Å². The molecule has 2 atom stereocenters. The first-order valence-corrected chi connectivity index (χ1v) is 34.2. The Hall–Kier alpha value is -1.27. The van der Waals surface area contributed by atoms with Crippen LogP contribution in [0.1, 0.15) is 47.5 Å². The van der Waals surface area contributed by atoms with Crippen LogP contribution in [0.15, 0.2) is 78.4 Å². The van der Waals surface area contributed by atoms with E-state index >= 15 is 0 Å². The third-order valence-electron chi connectivity index (χ3n) is 10.4. The summed E-state index contributed by atoms with van der Waals surface area (Å²) in [6.45, 7) is 21.9. The molecule has 2 aliphatic rings. The molecule has 45 heavy (non-hydrogen) atoms. The summed E-state index contributed by atoms with van der Waals surface area (Å²) >= 11 is -4.05. The quantitative estimate of drug-likeness (QED) is 0.140. The molecule has 4 aromatic carbocycles. The summed E-state index contributed by atoms with van der Waals surface area (Å²) in [6.07, 6.45) is 4.63. The molecule has 4 aromatic rings.